The molecule has 51 heavy (non-hydrogen) atoms. The quantitative estimate of drug-likeness (QED) is 0.0800. The molecule has 7 atom stereocenters. The van der Waals surface area contributed by atoms with Gasteiger partial charge in [-0.25, -0.2) is 0 Å². The van der Waals surface area contributed by atoms with Crippen molar-refractivity contribution < 1.29 is 44.4 Å². The Morgan fingerprint density at radius 3 is 1.75 bits per heavy atom. The number of nitrogens with zero attached hydrogens (tertiary/aromatic N) is 1. The van der Waals surface area contributed by atoms with E-state index in [0.29, 0.717) is 57.4 Å². The summed E-state index contributed by atoms with van der Waals surface area (Å²) < 4.78 is 0. The summed E-state index contributed by atoms with van der Waals surface area (Å²) in [5, 5.41) is 23.9. The molecule has 15 heteroatoms. The van der Waals surface area contributed by atoms with Gasteiger partial charge < -0.3 is 47.1 Å². The number of carbonyl (C=O) groups excluding carboxylic acids is 7. The van der Waals surface area contributed by atoms with E-state index >= 15 is 0 Å². The van der Waals surface area contributed by atoms with Crippen LogP contribution in [0.5, 0.6) is 0 Å². The van der Waals surface area contributed by atoms with Crippen molar-refractivity contribution in [3.63, 3.8) is 0 Å². The summed E-state index contributed by atoms with van der Waals surface area (Å²) in [6.07, 6.45) is 2.97. The molecule has 1 rings (SSSR count). The van der Waals surface area contributed by atoms with Crippen LogP contribution in [-0.4, -0.2) is 107 Å². The number of carbonyl (C=O) groups is 7. The van der Waals surface area contributed by atoms with Crippen molar-refractivity contribution in [1.82, 2.24) is 31.5 Å². The molecule has 300 valence electrons. The van der Waals surface area contributed by atoms with Crippen LogP contribution in [0.25, 0.3) is 0 Å². The minimum Gasteiger partial charge on any atom is -0.391 e. The van der Waals surface area contributed by atoms with E-state index in [9.17, 15) is 38.7 Å². The third kappa shape index (κ3) is 14.9. The van der Waals surface area contributed by atoms with Crippen molar-refractivity contribution >= 4 is 41.7 Å². The first-order valence-corrected chi connectivity index (χ1v) is 18.5. The molecular weight excluding hydrogens is 658 g/mol. The monoisotopic (exact) mass is 732 g/mol. The third-order valence-corrected chi connectivity index (χ3v) is 9.04. The van der Waals surface area contributed by atoms with Crippen LogP contribution in [0.4, 0.5) is 0 Å². The number of aliphatic hydroxyl groups is 1. The molecule has 1 fully saturated rings. The van der Waals surface area contributed by atoms with Gasteiger partial charge in [0.1, 0.15) is 36.5 Å². The zero-order valence-corrected chi connectivity index (χ0v) is 32.1. The molecule has 15 nitrogen and oxygen atoms in total. The second kappa shape index (κ2) is 22.4. The highest BCUT2D eigenvalue weighted by atomic mass is 16.3. The summed E-state index contributed by atoms with van der Waals surface area (Å²) in [6, 6.07) is -6.13. The molecule has 1 heterocycles. The van der Waals surface area contributed by atoms with E-state index in [0.717, 1.165) is 6.42 Å². The Labute approximate surface area is 309 Å². The maximum atomic E-state index is 13.8. The summed E-state index contributed by atoms with van der Waals surface area (Å²) >= 11 is 0. The van der Waals surface area contributed by atoms with Crippen LogP contribution in [0.15, 0.2) is 0 Å². The number of likely N-dealkylation sites (tertiary alicyclic amines) is 1. The van der Waals surface area contributed by atoms with Gasteiger partial charge in [0, 0.05) is 18.7 Å². The van der Waals surface area contributed by atoms with Crippen LogP contribution in [-0.2, 0) is 33.6 Å². The summed E-state index contributed by atoms with van der Waals surface area (Å²) in [4.78, 5) is 93.0. The molecule has 1 unspecified atom stereocenters. The predicted octanol–water partition coefficient (Wildman–Crippen LogP) is 1.50. The van der Waals surface area contributed by atoms with Crippen molar-refractivity contribution in [3.8, 4) is 0 Å². The molecule has 8 N–H and O–H groups in total. The molecule has 0 bridgehead atoms. The van der Waals surface area contributed by atoms with E-state index in [2.05, 4.69) is 40.4 Å². The summed E-state index contributed by atoms with van der Waals surface area (Å²) in [5.41, 5.74) is 5.53. The van der Waals surface area contributed by atoms with Crippen molar-refractivity contribution in [1.29, 1.82) is 0 Å². The zero-order chi connectivity index (χ0) is 39.0. The Balaban J connectivity index is -0.00000325. The number of hydrogen-bond acceptors (Lipinski definition) is 9. The lowest BCUT2D eigenvalue weighted by Crippen LogP contribution is -2.62. The average molecular weight is 732 g/mol. The normalized spacial score (nSPS) is 18.1. The highest BCUT2D eigenvalue weighted by Gasteiger charge is 2.41. The smallest absolute Gasteiger partial charge is 0.246 e. The number of hydrogen-bond donors (Lipinski definition) is 7. The Morgan fingerprint density at radius 1 is 0.745 bits per heavy atom. The predicted molar refractivity (Wildman–Crippen MR) is 202 cm³/mol. The van der Waals surface area contributed by atoms with Gasteiger partial charge in [-0.05, 0) is 69.2 Å². The van der Waals surface area contributed by atoms with Gasteiger partial charge in [0.15, 0.2) is 0 Å². The fourth-order valence-electron chi connectivity index (χ4n) is 5.91. The van der Waals surface area contributed by atoms with Crippen molar-refractivity contribution in [2.45, 2.75) is 150 Å². The second-order valence-electron chi connectivity index (χ2n) is 15.1. The van der Waals surface area contributed by atoms with Crippen LogP contribution in [0.1, 0.15) is 113 Å². The number of aliphatic hydroxyl groups excluding tert-OH is 1. The second-order valence-corrected chi connectivity index (χ2v) is 15.1. The van der Waals surface area contributed by atoms with Crippen molar-refractivity contribution in [3.05, 3.63) is 0 Å². The highest BCUT2D eigenvalue weighted by Crippen LogP contribution is 2.21. The molecule has 0 aromatic rings. The lowest BCUT2D eigenvalue weighted by molar-refractivity contribution is -0.143. The third-order valence-electron chi connectivity index (χ3n) is 9.04. The van der Waals surface area contributed by atoms with E-state index in [4.69, 9.17) is 5.73 Å². The molecule has 1 saturated heterocycles. The molecule has 0 radical (unpaired) electrons. The van der Waals surface area contributed by atoms with E-state index in [-0.39, 0.29) is 29.9 Å². The lowest BCUT2D eigenvalue weighted by atomic mass is 9.98. The summed E-state index contributed by atoms with van der Waals surface area (Å²) in [6.45, 7) is 16.5. The maximum Gasteiger partial charge on any atom is 0.246 e. The Hall–Kier alpha value is -3.59. The van der Waals surface area contributed by atoms with Gasteiger partial charge in [-0.2, -0.15) is 0 Å². The standard InChI is InChI=1S/C36H65N7O8.4H2/c1-20(2)13-10-16-27(46)39-28(21(3)4)33(48)42-31(24(9)45)35(50)40-29(22(5)6)34(49)41-30(23(7)8)36(51)43-18-12-15-26(43)32(47)38-25(19-44)14-11-17-37;;;;/h19-26,28-31,45H,10-18,37H2,1-9H3,(H,38,47)(H,39,46)(H,40,50)(H,41,49)(H,42,48);4*1H/t24?,25-,26+,28+,29-,30+,31-;;;;/m0..../s1. The highest BCUT2D eigenvalue weighted by molar-refractivity contribution is 5.97. The van der Waals surface area contributed by atoms with Gasteiger partial charge >= 0.3 is 0 Å². The van der Waals surface area contributed by atoms with Crippen molar-refractivity contribution in [2.75, 3.05) is 13.1 Å². The van der Waals surface area contributed by atoms with Crippen LogP contribution in [0.3, 0.4) is 0 Å². The molecule has 0 aliphatic carbocycles. The Bertz CT molecular complexity index is 1200. The number of nitrogens with two attached hydrogens (primary N) is 1. The average Bonchev–Trinajstić information content (AvgIpc) is 3.54. The number of aldehydes is 1. The Kier molecular flexibility index (Phi) is 19.9. The van der Waals surface area contributed by atoms with Gasteiger partial charge in [-0.3, -0.25) is 28.8 Å². The molecule has 0 saturated carbocycles. The fourth-order valence-corrected chi connectivity index (χ4v) is 5.91. The number of nitrogens with one attached hydrogen (secondary N) is 5. The SMILES string of the molecule is CC(C)CCCC(=O)N[C@@H](C(=O)N[C@H](C(=O)N[C@H](C(=O)N[C@@H](C(=O)N1CCC[C@@H]1C(=O)N[C@H](C=O)CCCN)C(C)C)C(C)C)C(C)O)C(C)C.[HH].[HH].[HH].[HH]. The molecular formula is C36H73N7O8. The van der Waals surface area contributed by atoms with E-state index in [1.165, 1.54) is 11.8 Å². The van der Waals surface area contributed by atoms with Crippen LogP contribution >= 0.6 is 0 Å². The number of amides is 6. The van der Waals surface area contributed by atoms with Gasteiger partial charge in [0.2, 0.25) is 35.4 Å². The van der Waals surface area contributed by atoms with Gasteiger partial charge in [0.05, 0.1) is 12.1 Å². The number of rotatable bonds is 22. The first-order chi connectivity index (χ1) is 23.9. The minimum atomic E-state index is -1.45. The van der Waals surface area contributed by atoms with Crippen molar-refractivity contribution in [2.24, 2.45) is 29.4 Å². The van der Waals surface area contributed by atoms with E-state index in [1.54, 1.807) is 41.5 Å². The van der Waals surface area contributed by atoms with E-state index in [1.807, 2.05) is 0 Å². The zero-order valence-electron chi connectivity index (χ0n) is 32.1. The minimum absolute atomic E-state index is 0. The molecule has 6 amide bonds. The molecule has 1 aliphatic rings. The van der Waals surface area contributed by atoms with Gasteiger partial charge in [0.25, 0.3) is 0 Å². The van der Waals surface area contributed by atoms with Gasteiger partial charge in [-0.15, -0.1) is 0 Å². The van der Waals surface area contributed by atoms with E-state index < -0.39 is 77.8 Å². The van der Waals surface area contributed by atoms with Gasteiger partial charge in [-0.1, -0.05) is 61.8 Å². The van der Waals surface area contributed by atoms with Crippen LogP contribution in [0.2, 0.25) is 0 Å². The van der Waals surface area contributed by atoms with Crippen LogP contribution in [0, 0.1) is 23.7 Å². The van der Waals surface area contributed by atoms with Crippen LogP contribution < -0.4 is 32.3 Å². The Morgan fingerprint density at radius 2 is 1.25 bits per heavy atom. The topological polar surface area (TPSA) is 229 Å². The lowest BCUT2D eigenvalue weighted by Gasteiger charge is -2.33. The first kappa shape index (κ1) is 45.4. The molecule has 1 aliphatic heterocycles. The largest absolute Gasteiger partial charge is 0.391 e. The summed E-state index contributed by atoms with van der Waals surface area (Å²) in [5.74, 6) is -4.06. The molecule has 0 aromatic heterocycles. The maximum absolute atomic E-state index is 13.8. The fraction of sp³-hybridized carbons (Fsp3) is 0.806. The molecule has 0 spiro atoms. The summed E-state index contributed by atoms with van der Waals surface area (Å²) in [7, 11) is 0. The first-order valence-electron chi connectivity index (χ1n) is 18.5. The molecule has 0 aromatic carbocycles.